The first kappa shape index (κ1) is 23.4. The number of alkyl halides is 3. The molecule has 0 saturated carbocycles. The summed E-state index contributed by atoms with van der Waals surface area (Å²) in [4.78, 5) is 33.4. The maximum atomic E-state index is 13.4. The molecule has 12 heteroatoms. The second-order valence-corrected chi connectivity index (χ2v) is 7.48. The summed E-state index contributed by atoms with van der Waals surface area (Å²) in [5.41, 5.74) is -3.35. The Hall–Kier alpha value is -3.31. The van der Waals surface area contributed by atoms with E-state index >= 15 is 0 Å². The lowest BCUT2D eigenvalue weighted by molar-refractivity contribution is -0.0567. The summed E-state index contributed by atoms with van der Waals surface area (Å²) >= 11 is 5.90. The lowest BCUT2D eigenvalue weighted by atomic mass is 9.98. The molecule has 0 bridgehead atoms. The van der Waals surface area contributed by atoms with Gasteiger partial charge in [-0.15, -0.1) is 0 Å². The first-order chi connectivity index (χ1) is 15.1. The van der Waals surface area contributed by atoms with Crippen LogP contribution >= 0.6 is 11.6 Å². The van der Waals surface area contributed by atoms with Crippen molar-refractivity contribution < 1.29 is 23.1 Å². The Morgan fingerprint density at radius 1 is 1.25 bits per heavy atom. The van der Waals surface area contributed by atoms with Gasteiger partial charge in [0.1, 0.15) is 35.9 Å². The predicted octanol–water partition coefficient (Wildman–Crippen LogP) is 2.43. The average Bonchev–Trinajstić information content (AvgIpc) is 2.78. The first-order valence-corrected chi connectivity index (χ1v) is 9.55. The minimum absolute atomic E-state index is 0.114. The number of nitrogens with one attached hydrogen (secondary N) is 1. The van der Waals surface area contributed by atoms with Gasteiger partial charge in [0.25, 0.3) is 17.9 Å². The fourth-order valence-corrected chi connectivity index (χ4v) is 2.91. The Kier molecular flexibility index (Phi) is 6.90. The van der Waals surface area contributed by atoms with Crippen molar-refractivity contribution in [3.05, 3.63) is 70.0 Å². The summed E-state index contributed by atoms with van der Waals surface area (Å²) in [7, 11) is 0. The van der Waals surface area contributed by atoms with Crippen molar-refractivity contribution in [1.29, 1.82) is 0 Å². The largest absolute Gasteiger partial charge is 0.385 e. The third kappa shape index (κ3) is 4.94. The normalized spacial score (nSPS) is 14.1. The number of carbonyl (C=O) groups excluding carboxylic acids is 1. The molecule has 0 spiro atoms. The van der Waals surface area contributed by atoms with Gasteiger partial charge in [0.15, 0.2) is 0 Å². The molecule has 8 nitrogen and oxygen atoms in total. The molecule has 0 aliphatic heterocycles. The molecule has 3 aromatic rings. The van der Waals surface area contributed by atoms with Crippen molar-refractivity contribution in [3.8, 4) is 16.9 Å². The van der Waals surface area contributed by atoms with E-state index in [1.807, 2.05) is 5.32 Å². The minimum Gasteiger partial charge on any atom is -0.385 e. The van der Waals surface area contributed by atoms with Crippen LogP contribution in [0.25, 0.3) is 16.9 Å². The van der Waals surface area contributed by atoms with Gasteiger partial charge in [-0.1, -0.05) is 23.7 Å². The fraction of sp³-hybridized carbons (Fsp3) is 0.250. The summed E-state index contributed by atoms with van der Waals surface area (Å²) in [5, 5.41) is 16.4. The Morgan fingerprint density at radius 2 is 1.88 bits per heavy atom. The number of hydrogen-bond acceptors (Lipinski definition) is 6. The lowest BCUT2D eigenvalue weighted by Gasteiger charge is -2.30. The number of aromatic nitrogens is 4. The highest BCUT2D eigenvalue weighted by molar-refractivity contribution is 6.30. The number of benzene rings is 1. The third-order valence-electron chi connectivity index (χ3n) is 4.57. The quantitative estimate of drug-likeness (QED) is 0.552. The van der Waals surface area contributed by atoms with E-state index in [1.54, 1.807) is 24.3 Å². The predicted molar refractivity (Wildman–Crippen MR) is 110 cm³/mol. The van der Waals surface area contributed by atoms with Gasteiger partial charge in [-0.2, -0.15) is 9.78 Å². The van der Waals surface area contributed by atoms with E-state index in [4.69, 9.17) is 11.6 Å². The van der Waals surface area contributed by atoms with Crippen molar-refractivity contribution in [1.82, 2.24) is 25.1 Å². The van der Waals surface area contributed by atoms with Crippen molar-refractivity contribution >= 4 is 17.5 Å². The van der Waals surface area contributed by atoms with Crippen LogP contribution in [0, 0.1) is 0 Å². The fourth-order valence-electron chi connectivity index (χ4n) is 2.79. The molecule has 2 atom stereocenters. The summed E-state index contributed by atoms with van der Waals surface area (Å²) in [5.74, 6) is -1.24. The van der Waals surface area contributed by atoms with Crippen LogP contribution in [0.15, 0.2) is 53.8 Å². The summed E-state index contributed by atoms with van der Waals surface area (Å²) in [6, 6.07) is 5.13. The van der Waals surface area contributed by atoms with Gasteiger partial charge in [-0.05, 0) is 25.1 Å². The van der Waals surface area contributed by atoms with Gasteiger partial charge in [-0.3, -0.25) is 9.59 Å². The van der Waals surface area contributed by atoms with Gasteiger partial charge in [0.05, 0.1) is 18.1 Å². The molecule has 32 heavy (non-hydrogen) atoms. The summed E-state index contributed by atoms with van der Waals surface area (Å²) < 4.78 is 40.8. The summed E-state index contributed by atoms with van der Waals surface area (Å²) in [6.45, 7) is -0.727. The van der Waals surface area contributed by atoms with E-state index in [0.717, 1.165) is 17.7 Å². The minimum atomic E-state index is -3.30. The van der Waals surface area contributed by atoms with Crippen LogP contribution < -0.4 is 10.9 Å². The molecule has 0 radical (unpaired) electrons. The van der Waals surface area contributed by atoms with Gasteiger partial charge in [0, 0.05) is 10.6 Å². The molecule has 0 fully saturated rings. The molecular weight excluding hydrogens is 451 g/mol. The maximum Gasteiger partial charge on any atom is 0.284 e. The van der Waals surface area contributed by atoms with E-state index in [9.17, 15) is 27.9 Å². The SMILES string of the molecule is CC(O)(CF)[C@@H](NC(=O)c1cc(-c2ccc(Cl)cc2)nn(-c2cncnc2)c1=O)C(F)F. The number of nitrogens with zero attached hydrogens (tertiary/aromatic N) is 4. The van der Waals surface area contributed by atoms with Crippen LogP contribution in [0.4, 0.5) is 13.2 Å². The van der Waals surface area contributed by atoms with Crippen molar-refractivity contribution in [2.75, 3.05) is 6.67 Å². The van der Waals surface area contributed by atoms with Crippen LogP contribution in [0.1, 0.15) is 17.3 Å². The molecule has 0 aliphatic rings. The van der Waals surface area contributed by atoms with E-state index in [1.165, 1.54) is 18.7 Å². The number of rotatable bonds is 7. The van der Waals surface area contributed by atoms with Crippen molar-refractivity contribution in [2.24, 2.45) is 0 Å². The highest BCUT2D eigenvalue weighted by atomic mass is 35.5. The smallest absolute Gasteiger partial charge is 0.284 e. The van der Waals surface area contributed by atoms with Crippen LogP contribution in [0.5, 0.6) is 0 Å². The number of aliphatic hydroxyl groups is 1. The number of halogens is 4. The van der Waals surface area contributed by atoms with Gasteiger partial charge < -0.3 is 10.4 Å². The van der Waals surface area contributed by atoms with Gasteiger partial charge in [-0.25, -0.2) is 23.1 Å². The molecule has 3 rings (SSSR count). The van der Waals surface area contributed by atoms with Crippen LogP contribution in [0.3, 0.4) is 0 Å². The number of hydrogen-bond donors (Lipinski definition) is 2. The zero-order chi connectivity index (χ0) is 23.5. The average molecular weight is 468 g/mol. The lowest BCUT2D eigenvalue weighted by Crippen LogP contribution is -2.57. The molecule has 0 saturated heterocycles. The second kappa shape index (κ2) is 9.45. The van der Waals surface area contributed by atoms with Crippen molar-refractivity contribution in [2.45, 2.75) is 25.0 Å². The number of amides is 1. The zero-order valence-corrected chi connectivity index (χ0v) is 17.3. The molecule has 1 unspecified atom stereocenters. The highest BCUT2D eigenvalue weighted by Gasteiger charge is 2.40. The van der Waals surface area contributed by atoms with Crippen LogP contribution in [-0.4, -0.2) is 55.5 Å². The molecule has 2 aromatic heterocycles. The molecule has 2 heterocycles. The Labute approximate surface area is 184 Å². The maximum absolute atomic E-state index is 13.4. The molecule has 1 amide bonds. The first-order valence-electron chi connectivity index (χ1n) is 9.17. The van der Waals surface area contributed by atoms with Crippen LogP contribution in [-0.2, 0) is 0 Å². The molecule has 168 valence electrons. The van der Waals surface area contributed by atoms with E-state index in [0.29, 0.717) is 10.6 Å². The standard InChI is InChI=1S/C20H17ClF3N5O3/c1-20(32,9-22)16(17(23)24)27-18(30)14-6-15(11-2-4-12(21)5-3-11)28-29(19(14)31)13-7-25-10-26-8-13/h2-8,10,16-17,32H,9H2,1H3,(H,27,30)/t16-,20?/m0/s1. The molecule has 1 aromatic carbocycles. The highest BCUT2D eigenvalue weighted by Crippen LogP contribution is 2.21. The molecule has 2 N–H and O–H groups in total. The van der Waals surface area contributed by atoms with Crippen molar-refractivity contribution in [3.63, 3.8) is 0 Å². The van der Waals surface area contributed by atoms with E-state index in [2.05, 4.69) is 15.1 Å². The zero-order valence-electron chi connectivity index (χ0n) is 16.5. The molecule has 0 aliphatic carbocycles. The van der Waals surface area contributed by atoms with Gasteiger partial charge >= 0.3 is 0 Å². The monoisotopic (exact) mass is 467 g/mol. The van der Waals surface area contributed by atoms with E-state index in [-0.39, 0.29) is 11.4 Å². The van der Waals surface area contributed by atoms with Crippen LogP contribution in [0.2, 0.25) is 5.02 Å². The number of carbonyl (C=O) groups is 1. The third-order valence-corrected chi connectivity index (χ3v) is 4.82. The molecular formula is C20H17ClF3N5O3. The Balaban J connectivity index is 2.14. The Morgan fingerprint density at radius 3 is 2.44 bits per heavy atom. The van der Waals surface area contributed by atoms with E-state index < -0.39 is 41.8 Å². The van der Waals surface area contributed by atoms with Gasteiger partial charge in [0.2, 0.25) is 0 Å². The summed E-state index contributed by atoms with van der Waals surface area (Å²) in [6.07, 6.45) is 0.458. The topological polar surface area (TPSA) is 110 Å². The second-order valence-electron chi connectivity index (χ2n) is 7.04. The Bertz CT molecular complexity index is 1160.